The second-order valence-corrected chi connectivity index (χ2v) is 3.97. The second-order valence-electron chi connectivity index (χ2n) is 3.97. The molecule has 1 aliphatic heterocycles. The van der Waals surface area contributed by atoms with Gasteiger partial charge < -0.3 is 9.73 Å². The molecular weight excluding hydrogens is 176 g/mol. The fraction of sp³-hybridized carbons (Fsp3) is 0.727. The third-order valence-corrected chi connectivity index (χ3v) is 2.84. The first-order valence-corrected chi connectivity index (χ1v) is 5.48. The molecule has 0 aliphatic carbocycles. The maximum atomic E-state index is 5.67. The number of nitrogens with zero attached hydrogens (tertiary/aromatic N) is 1. The lowest BCUT2D eigenvalue weighted by Gasteiger charge is -2.05. The van der Waals surface area contributed by atoms with Crippen molar-refractivity contribution in [2.24, 2.45) is 0 Å². The van der Waals surface area contributed by atoms with Crippen molar-refractivity contribution in [2.45, 2.75) is 45.6 Å². The molecule has 1 aromatic rings. The van der Waals surface area contributed by atoms with E-state index < -0.39 is 0 Å². The van der Waals surface area contributed by atoms with Gasteiger partial charge >= 0.3 is 0 Å². The standard InChI is InChI=1S/C11H18N2O/c1-3-10-8(2)13-11(14-10)7-9-5-4-6-12-9/h9,12H,3-7H2,1-2H3. The predicted octanol–water partition coefficient (Wildman–Crippen LogP) is 1.84. The van der Waals surface area contributed by atoms with Gasteiger partial charge in [0.05, 0.1) is 5.69 Å². The van der Waals surface area contributed by atoms with Crippen LogP contribution in [0, 0.1) is 6.92 Å². The van der Waals surface area contributed by atoms with Crippen LogP contribution in [0.3, 0.4) is 0 Å². The minimum absolute atomic E-state index is 0.581. The maximum Gasteiger partial charge on any atom is 0.196 e. The summed E-state index contributed by atoms with van der Waals surface area (Å²) in [7, 11) is 0. The van der Waals surface area contributed by atoms with Crippen molar-refractivity contribution in [2.75, 3.05) is 6.54 Å². The number of rotatable bonds is 3. The van der Waals surface area contributed by atoms with Gasteiger partial charge in [0, 0.05) is 18.9 Å². The Morgan fingerprint density at radius 1 is 1.57 bits per heavy atom. The van der Waals surface area contributed by atoms with E-state index >= 15 is 0 Å². The first kappa shape index (κ1) is 9.71. The van der Waals surface area contributed by atoms with Crippen molar-refractivity contribution < 1.29 is 4.42 Å². The van der Waals surface area contributed by atoms with Gasteiger partial charge in [-0.25, -0.2) is 4.98 Å². The Balaban J connectivity index is 2.01. The Labute approximate surface area is 84.9 Å². The molecule has 0 saturated carbocycles. The minimum atomic E-state index is 0.581. The first-order chi connectivity index (χ1) is 6.79. The van der Waals surface area contributed by atoms with E-state index in [4.69, 9.17) is 4.42 Å². The van der Waals surface area contributed by atoms with Crippen LogP contribution in [0.5, 0.6) is 0 Å². The summed E-state index contributed by atoms with van der Waals surface area (Å²) in [6.07, 6.45) is 4.42. The van der Waals surface area contributed by atoms with Crippen LogP contribution in [0.25, 0.3) is 0 Å². The predicted molar refractivity (Wildman–Crippen MR) is 55.3 cm³/mol. The molecule has 1 aromatic heterocycles. The number of nitrogens with one attached hydrogen (secondary N) is 1. The molecule has 1 N–H and O–H groups in total. The molecule has 3 nitrogen and oxygen atoms in total. The Morgan fingerprint density at radius 2 is 2.43 bits per heavy atom. The van der Waals surface area contributed by atoms with Gasteiger partial charge in [-0.05, 0) is 26.3 Å². The molecule has 1 unspecified atom stereocenters. The molecule has 1 aliphatic rings. The highest BCUT2D eigenvalue weighted by Crippen LogP contribution is 2.15. The van der Waals surface area contributed by atoms with Crippen LogP contribution in [0.2, 0.25) is 0 Å². The maximum absolute atomic E-state index is 5.67. The fourth-order valence-corrected chi connectivity index (χ4v) is 2.05. The van der Waals surface area contributed by atoms with E-state index in [2.05, 4.69) is 17.2 Å². The molecule has 0 bridgehead atoms. The van der Waals surface area contributed by atoms with Crippen LogP contribution in [0.1, 0.15) is 37.1 Å². The third kappa shape index (κ3) is 1.98. The lowest BCUT2D eigenvalue weighted by molar-refractivity contribution is 0.430. The molecule has 0 amide bonds. The quantitative estimate of drug-likeness (QED) is 0.798. The van der Waals surface area contributed by atoms with Crippen LogP contribution >= 0.6 is 0 Å². The SMILES string of the molecule is CCc1oc(CC2CCCN2)nc1C. The average molecular weight is 194 g/mol. The van der Waals surface area contributed by atoms with Gasteiger partial charge in [-0.2, -0.15) is 0 Å². The topological polar surface area (TPSA) is 38.1 Å². The molecule has 14 heavy (non-hydrogen) atoms. The van der Waals surface area contributed by atoms with Gasteiger partial charge in [0.1, 0.15) is 5.76 Å². The van der Waals surface area contributed by atoms with E-state index in [0.717, 1.165) is 36.7 Å². The van der Waals surface area contributed by atoms with Crippen molar-refractivity contribution in [1.82, 2.24) is 10.3 Å². The van der Waals surface area contributed by atoms with E-state index in [1.54, 1.807) is 0 Å². The van der Waals surface area contributed by atoms with Gasteiger partial charge in [0.25, 0.3) is 0 Å². The largest absolute Gasteiger partial charge is 0.445 e. The first-order valence-electron chi connectivity index (χ1n) is 5.48. The Kier molecular flexibility index (Phi) is 2.87. The minimum Gasteiger partial charge on any atom is -0.445 e. The van der Waals surface area contributed by atoms with E-state index in [0.29, 0.717) is 6.04 Å². The van der Waals surface area contributed by atoms with Crippen molar-refractivity contribution >= 4 is 0 Å². The van der Waals surface area contributed by atoms with Crippen molar-refractivity contribution in [3.05, 3.63) is 17.3 Å². The zero-order valence-electron chi connectivity index (χ0n) is 8.97. The Hall–Kier alpha value is -0.830. The zero-order valence-corrected chi connectivity index (χ0v) is 8.97. The number of hydrogen-bond donors (Lipinski definition) is 1. The van der Waals surface area contributed by atoms with E-state index in [9.17, 15) is 0 Å². The average Bonchev–Trinajstić information content (AvgIpc) is 2.76. The number of hydrogen-bond acceptors (Lipinski definition) is 3. The van der Waals surface area contributed by atoms with Crippen molar-refractivity contribution in [3.8, 4) is 0 Å². The molecular formula is C11H18N2O. The van der Waals surface area contributed by atoms with E-state index in [1.807, 2.05) is 6.92 Å². The highest BCUT2D eigenvalue weighted by atomic mass is 16.4. The third-order valence-electron chi connectivity index (χ3n) is 2.84. The van der Waals surface area contributed by atoms with E-state index in [-0.39, 0.29) is 0 Å². The van der Waals surface area contributed by atoms with E-state index in [1.165, 1.54) is 12.8 Å². The summed E-state index contributed by atoms with van der Waals surface area (Å²) in [5.74, 6) is 1.94. The molecule has 0 radical (unpaired) electrons. The monoisotopic (exact) mass is 194 g/mol. The lowest BCUT2D eigenvalue weighted by atomic mass is 10.2. The van der Waals surface area contributed by atoms with Gasteiger partial charge in [-0.3, -0.25) is 0 Å². The molecule has 1 fully saturated rings. The highest BCUT2D eigenvalue weighted by Gasteiger charge is 2.17. The summed E-state index contributed by atoms with van der Waals surface area (Å²) in [5, 5.41) is 3.45. The summed E-state index contributed by atoms with van der Waals surface area (Å²) in [4.78, 5) is 4.44. The van der Waals surface area contributed by atoms with Crippen LogP contribution in [0.15, 0.2) is 4.42 Å². The number of aromatic nitrogens is 1. The van der Waals surface area contributed by atoms with Gasteiger partial charge in [-0.1, -0.05) is 6.92 Å². The van der Waals surface area contributed by atoms with Crippen molar-refractivity contribution in [3.63, 3.8) is 0 Å². The lowest BCUT2D eigenvalue weighted by Crippen LogP contribution is -2.23. The van der Waals surface area contributed by atoms with Gasteiger partial charge in [0.2, 0.25) is 0 Å². The summed E-state index contributed by atoms with van der Waals surface area (Å²) < 4.78 is 5.67. The highest BCUT2D eigenvalue weighted by molar-refractivity contribution is 5.08. The molecule has 0 aromatic carbocycles. The normalized spacial score (nSPS) is 21.7. The van der Waals surface area contributed by atoms with Crippen LogP contribution in [-0.2, 0) is 12.8 Å². The molecule has 0 spiro atoms. The number of oxazole rings is 1. The molecule has 2 heterocycles. The molecule has 3 heteroatoms. The Bertz CT molecular complexity index is 300. The zero-order chi connectivity index (χ0) is 9.97. The summed E-state index contributed by atoms with van der Waals surface area (Å²) in [5.41, 5.74) is 1.06. The molecule has 2 rings (SSSR count). The van der Waals surface area contributed by atoms with Crippen LogP contribution in [-0.4, -0.2) is 17.6 Å². The van der Waals surface area contributed by atoms with Gasteiger partial charge in [-0.15, -0.1) is 0 Å². The van der Waals surface area contributed by atoms with Crippen LogP contribution < -0.4 is 5.32 Å². The van der Waals surface area contributed by atoms with Crippen LogP contribution in [0.4, 0.5) is 0 Å². The fourth-order valence-electron chi connectivity index (χ4n) is 2.05. The number of aryl methyl sites for hydroxylation is 2. The van der Waals surface area contributed by atoms with Crippen molar-refractivity contribution in [1.29, 1.82) is 0 Å². The molecule has 1 saturated heterocycles. The molecule has 78 valence electrons. The molecule has 1 atom stereocenters. The second kappa shape index (κ2) is 4.13. The van der Waals surface area contributed by atoms with Gasteiger partial charge in [0.15, 0.2) is 5.89 Å². The Morgan fingerprint density at radius 3 is 3.00 bits per heavy atom. The smallest absolute Gasteiger partial charge is 0.196 e. The summed E-state index contributed by atoms with van der Waals surface area (Å²) in [6, 6.07) is 0.581. The summed E-state index contributed by atoms with van der Waals surface area (Å²) >= 11 is 0. The summed E-state index contributed by atoms with van der Waals surface area (Å²) in [6.45, 7) is 5.27.